The fourth-order valence-electron chi connectivity index (χ4n) is 15.0. The molecule has 0 aromatic heterocycles. The quantitative estimate of drug-likeness (QED) is 0.103. The van der Waals surface area contributed by atoms with Crippen molar-refractivity contribution in [1.82, 2.24) is 24.9 Å². The number of piperazine rings is 2. The molecule has 8 aliphatic heterocycles. The van der Waals surface area contributed by atoms with Crippen molar-refractivity contribution in [2.45, 2.75) is 140 Å². The van der Waals surface area contributed by atoms with Crippen LogP contribution in [0.3, 0.4) is 0 Å². The first-order valence-corrected chi connectivity index (χ1v) is 27.2. The van der Waals surface area contributed by atoms with Crippen LogP contribution in [0.25, 0.3) is 0 Å². The molecule has 1 amide bonds. The molecule has 7 N–H and O–H groups in total. The zero-order chi connectivity index (χ0) is 54.9. The van der Waals surface area contributed by atoms with Crippen molar-refractivity contribution in [2.75, 3.05) is 40.8 Å². The number of ether oxygens (including phenoxy) is 4. The van der Waals surface area contributed by atoms with Gasteiger partial charge in [-0.3, -0.25) is 24.4 Å². The van der Waals surface area contributed by atoms with Crippen LogP contribution in [0.1, 0.15) is 114 Å². The minimum Gasteiger partial charge on any atom is -0.507 e. The Kier molecular flexibility index (Phi) is 16.7. The zero-order valence-electron chi connectivity index (χ0n) is 46.6. The molecule has 5 aromatic rings. The Bertz CT molecular complexity index is 3420. The number of carbonyl (C=O) groups excluding carboxylic acids is 1. The molecule has 4 bridgehead atoms. The Morgan fingerprint density at radius 2 is 1.05 bits per heavy atom. The number of nitrogens with zero attached hydrogens (tertiary/aromatic N) is 6. The van der Waals surface area contributed by atoms with Gasteiger partial charge in [0, 0.05) is 176 Å². The summed E-state index contributed by atoms with van der Waals surface area (Å²) >= 11 is 0. The van der Waals surface area contributed by atoms with Crippen LogP contribution in [0.4, 0.5) is 0 Å². The second-order valence-corrected chi connectivity index (χ2v) is 22.7. The summed E-state index contributed by atoms with van der Waals surface area (Å²) in [7, 11) is 4.08. The van der Waals surface area contributed by atoms with Gasteiger partial charge < -0.3 is 50.4 Å². The maximum absolute atomic E-state index is 13.2. The third-order valence-corrected chi connectivity index (χ3v) is 19.1. The molecule has 2 fully saturated rings. The number of aryl methyl sites for hydroxylation is 3. The molecule has 17 nitrogen and oxygen atoms in total. The summed E-state index contributed by atoms with van der Waals surface area (Å²) in [6.07, 6.45) is 3.22. The predicted octanol–water partition coefficient (Wildman–Crippen LogP) is 6.75. The number of amides is 1. The third kappa shape index (κ3) is 9.01. The van der Waals surface area contributed by atoms with E-state index in [0.29, 0.717) is 84.1 Å². The van der Waals surface area contributed by atoms with E-state index in [9.17, 15) is 35.7 Å². The average Bonchev–Trinajstić information content (AvgIpc) is 4.27. The number of carbonyl (C=O) groups is 1. The summed E-state index contributed by atoms with van der Waals surface area (Å²) in [4.78, 5) is 22.2. The predicted molar refractivity (Wildman–Crippen MR) is 289 cm³/mol. The van der Waals surface area contributed by atoms with Gasteiger partial charge in [-0.2, -0.15) is 10.5 Å². The topological polar surface area (TPSA) is 233 Å². The molecule has 10 atom stereocenters. The van der Waals surface area contributed by atoms with Crippen molar-refractivity contribution in [1.29, 1.82) is 10.5 Å². The summed E-state index contributed by atoms with van der Waals surface area (Å²) in [5.74, 6) is 3.19. The van der Waals surface area contributed by atoms with Crippen molar-refractivity contribution in [2.24, 2.45) is 5.73 Å². The molecule has 2 saturated heterocycles. The van der Waals surface area contributed by atoms with Crippen molar-refractivity contribution in [3.63, 3.8) is 0 Å². The number of aromatic hydroxyl groups is 4. The maximum Gasteiger partial charge on any atom is 0.231 e. The average molecular weight is 1510 g/mol. The monoisotopic (exact) mass is 1510 g/mol. The number of nitrogens with two attached hydrogens (primary N) is 1. The van der Waals surface area contributed by atoms with Crippen LogP contribution in [-0.4, -0.2) is 123 Å². The molecule has 0 spiro atoms. The van der Waals surface area contributed by atoms with E-state index < -0.39 is 18.1 Å². The molecule has 19 heteroatoms. The normalized spacial score (nSPS) is 26.2. The molecule has 2 radical (unpaired) electrons. The molecule has 80 heavy (non-hydrogen) atoms. The van der Waals surface area contributed by atoms with Crippen LogP contribution >= 0.6 is 0 Å². The first kappa shape index (κ1) is 58.8. The van der Waals surface area contributed by atoms with Gasteiger partial charge >= 0.3 is 0 Å². The van der Waals surface area contributed by atoms with E-state index in [2.05, 4.69) is 49.2 Å². The number of fused-ring (bicyclic) bond motifs is 18. The standard InChI is InChI=1S/C35H38N4O5.C26H30N4O4.2Ac/c1-18-12-22-13-24-26(15-36)39-25(31(38(24)4)29(22)33(42)19(18)2)14-23-30(35-34(43-17-44-35)20(3)32(23)41)27(39)16-37-28(40)11-10-21-8-6-5-7-9-21;1-11-5-14-6-16-18(8-27)30-17(22(29(16)4)20(14)24(32)12(11)2)7-15-21(19(30)9-28)26-25(33-10-34-26)13(3)23(15)31;;/h5-9,12,24-27,31,41-42H,10-11,13-14,16-17H2,1-4H3,(H,37,40);5,16-19,22,31-32H,6-7,9-10,28H2,1-4H3;;/t24-,25?,26-,27-,31-;16-,17?,18-,19-,22-;;/m00../s1. The van der Waals surface area contributed by atoms with E-state index in [1.807, 2.05) is 86.0 Å². The molecule has 8 heterocycles. The molecule has 13 rings (SSSR count). The number of nitriles is 2. The Morgan fingerprint density at radius 3 is 1.50 bits per heavy atom. The SMILES string of the molecule is Cc1cc2c(c(O)c1C)[C@@H]1C3Cc4c(O)c(C)c5c(c4[C@H](CN)N3[C@@H](C#N)[C@H](C2)N1C)OCO5.Cc1cc2c(c(O)c1C)[C@@H]1C3Cc4c(O)c(C)c5c(c4[C@H](CNC(=O)CCc4ccccc4)N3[C@@H](C#N)[C@H](C2)N1C)OCO5.[Ac].[Ac]. The molecular weight excluding hydrogens is 1440 g/mol. The first-order chi connectivity index (χ1) is 37.5. The van der Waals surface area contributed by atoms with E-state index in [1.54, 1.807) is 0 Å². The van der Waals surface area contributed by atoms with E-state index in [0.717, 1.165) is 72.3 Å². The van der Waals surface area contributed by atoms with E-state index in [-0.39, 0.29) is 174 Å². The molecule has 0 saturated carbocycles. The Balaban J connectivity index is 0.000000181. The van der Waals surface area contributed by atoms with E-state index in [4.69, 9.17) is 24.7 Å². The van der Waals surface area contributed by atoms with Gasteiger partial charge in [-0.05, 0) is 127 Å². The largest absolute Gasteiger partial charge is 0.507 e. The van der Waals surface area contributed by atoms with E-state index >= 15 is 0 Å². The molecule has 8 aliphatic rings. The van der Waals surface area contributed by atoms with Gasteiger partial charge in [-0.1, -0.05) is 42.5 Å². The third-order valence-electron chi connectivity index (χ3n) is 19.1. The molecular formula is C61H68Ac2N8O9. The van der Waals surface area contributed by atoms with Gasteiger partial charge in [0.05, 0.1) is 36.3 Å². The minimum atomic E-state index is -0.501. The van der Waals surface area contributed by atoms with Crippen LogP contribution in [0, 0.1) is 152 Å². The number of hydrogen-bond acceptors (Lipinski definition) is 16. The summed E-state index contributed by atoms with van der Waals surface area (Å²) in [6.45, 7) is 12.2. The van der Waals surface area contributed by atoms with Crippen LogP contribution < -0.4 is 30.0 Å². The molecule has 2 unspecified atom stereocenters. The molecule has 412 valence electrons. The van der Waals surface area contributed by atoms with Crippen LogP contribution in [0.2, 0.25) is 0 Å². The number of nitrogens with one attached hydrogen (secondary N) is 1. The van der Waals surface area contributed by atoms with Crippen molar-refractivity contribution in [3.05, 3.63) is 126 Å². The van der Waals surface area contributed by atoms with Gasteiger partial charge in [0.1, 0.15) is 35.1 Å². The van der Waals surface area contributed by atoms with Crippen molar-refractivity contribution < 1.29 is 132 Å². The minimum absolute atomic E-state index is 0. The Labute approximate surface area is 539 Å². The van der Waals surface area contributed by atoms with Gasteiger partial charge in [0.15, 0.2) is 23.0 Å². The van der Waals surface area contributed by atoms with Gasteiger partial charge in [-0.25, -0.2) is 0 Å². The Hall–Kier alpha value is -4.37. The first-order valence-electron chi connectivity index (χ1n) is 27.2. The number of benzene rings is 5. The second kappa shape index (κ2) is 22.7. The van der Waals surface area contributed by atoms with Crippen LogP contribution in [-0.2, 0) is 36.9 Å². The number of hydrogen-bond donors (Lipinski definition) is 6. The summed E-state index contributed by atoms with van der Waals surface area (Å²) in [5, 5.41) is 69.9. The van der Waals surface area contributed by atoms with Crippen molar-refractivity contribution >= 4 is 5.91 Å². The van der Waals surface area contributed by atoms with Crippen molar-refractivity contribution in [3.8, 4) is 58.1 Å². The smallest absolute Gasteiger partial charge is 0.231 e. The van der Waals surface area contributed by atoms with Crippen LogP contribution in [0.15, 0.2) is 42.5 Å². The second-order valence-electron chi connectivity index (χ2n) is 22.7. The number of likely N-dealkylation sites (N-methyl/N-ethyl adjacent to an activating group) is 2. The van der Waals surface area contributed by atoms with E-state index in [1.165, 1.54) is 0 Å². The fraction of sp³-hybridized carbons (Fsp3) is 0.459. The van der Waals surface area contributed by atoms with Gasteiger partial charge in [0.2, 0.25) is 19.5 Å². The number of phenolic OH excluding ortho intramolecular Hbond substituents is 4. The summed E-state index contributed by atoms with van der Waals surface area (Å²) < 4.78 is 23.4. The maximum atomic E-state index is 13.2. The summed E-state index contributed by atoms with van der Waals surface area (Å²) in [5.41, 5.74) is 19.7. The Morgan fingerprint density at radius 1 is 0.613 bits per heavy atom. The summed E-state index contributed by atoms with van der Waals surface area (Å²) in [6, 6.07) is 16.9. The number of phenols is 4. The fourth-order valence-corrected chi connectivity index (χ4v) is 15.0. The number of rotatable bonds is 6. The van der Waals surface area contributed by atoms with Gasteiger partial charge in [0.25, 0.3) is 0 Å². The zero-order valence-corrected chi connectivity index (χ0v) is 56.1. The molecule has 0 aliphatic carbocycles. The molecule has 5 aromatic carbocycles. The van der Waals surface area contributed by atoms with Crippen LogP contribution in [0.5, 0.6) is 46.0 Å². The van der Waals surface area contributed by atoms with Gasteiger partial charge in [-0.15, -0.1) is 0 Å².